The summed E-state index contributed by atoms with van der Waals surface area (Å²) < 4.78 is 6.09. The minimum atomic E-state index is 0.0445. The van der Waals surface area contributed by atoms with Gasteiger partial charge in [0.05, 0.1) is 11.7 Å². The number of para-hydroxylation sites is 1. The Morgan fingerprint density at radius 2 is 1.81 bits per heavy atom. The van der Waals surface area contributed by atoms with Gasteiger partial charge in [-0.1, -0.05) is 12.1 Å². The van der Waals surface area contributed by atoms with Crippen LogP contribution in [-0.2, 0) is 0 Å². The molecule has 4 nitrogen and oxygen atoms in total. The van der Waals surface area contributed by atoms with Crippen LogP contribution in [0.3, 0.4) is 0 Å². The third-order valence-corrected chi connectivity index (χ3v) is 4.18. The van der Waals surface area contributed by atoms with E-state index in [4.69, 9.17) is 10.5 Å². The van der Waals surface area contributed by atoms with Crippen LogP contribution < -0.4 is 10.5 Å². The number of hydrogen-bond donors (Lipinski definition) is 1. The third kappa shape index (κ3) is 3.97. The fourth-order valence-corrected chi connectivity index (χ4v) is 2.81. The predicted octanol–water partition coefficient (Wildman–Crippen LogP) is 2.82. The maximum atomic E-state index is 12.5. The van der Waals surface area contributed by atoms with Crippen LogP contribution in [0, 0.1) is 0 Å². The van der Waals surface area contributed by atoms with Crippen LogP contribution in [-0.4, -0.2) is 36.0 Å². The van der Waals surface area contributed by atoms with Crippen molar-refractivity contribution in [1.82, 2.24) is 4.90 Å². The maximum absolute atomic E-state index is 12.5. The van der Waals surface area contributed by atoms with Gasteiger partial charge in [-0.3, -0.25) is 4.79 Å². The lowest BCUT2D eigenvalue weighted by molar-refractivity contribution is 0.0761. The molecule has 21 heavy (non-hydrogen) atoms. The molecular formula is C17H26N2O2. The summed E-state index contributed by atoms with van der Waals surface area (Å²) in [5, 5.41) is 0. The van der Waals surface area contributed by atoms with Gasteiger partial charge < -0.3 is 15.4 Å². The second kappa shape index (κ2) is 7.46. The Morgan fingerprint density at radius 1 is 1.19 bits per heavy atom. The molecule has 2 rings (SSSR count). The summed E-state index contributed by atoms with van der Waals surface area (Å²) in [6, 6.07) is 7.86. The van der Waals surface area contributed by atoms with Crippen molar-refractivity contribution < 1.29 is 9.53 Å². The van der Waals surface area contributed by atoms with Crippen LogP contribution in [0.5, 0.6) is 5.75 Å². The fourth-order valence-electron chi connectivity index (χ4n) is 2.81. The summed E-state index contributed by atoms with van der Waals surface area (Å²) in [6.07, 6.45) is 4.10. The van der Waals surface area contributed by atoms with Crippen molar-refractivity contribution in [3.8, 4) is 5.75 Å². The second-order valence-corrected chi connectivity index (χ2v) is 5.63. The number of hydrogen-bond acceptors (Lipinski definition) is 3. The number of nitrogens with two attached hydrogens (primary N) is 1. The molecule has 0 radical (unpaired) electrons. The molecule has 4 heteroatoms. The van der Waals surface area contributed by atoms with Crippen LogP contribution >= 0.6 is 0 Å². The monoisotopic (exact) mass is 290 g/mol. The zero-order chi connectivity index (χ0) is 15.2. The lowest BCUT2D eigenvalue weighted by Crippen LogP contribution is -2.33. The largest absolute Gasteiger partial charge is 0.490 e. The van der Waals surface area contributed by atoms with E-state index in [2.05, 4.69) is 0 Å². The highest BCUT2D eigenvalue weighted by Crippen LogP contribution is 2.26. The van der Waals surface area contributed by atoms with Gasteiger partial charge in [0.15, 0.2) is 0 Å². The van der Waals surface area contributed by atoms with Gasteiger partial charge in [0.1, 0.15) is 5.75 Å². The van der Waals surface area contributed by atoms with E-state index in [1.165, 1.54) is 0 Å². The highest BCUT2D eigenvalue weighted by Gasteiger charge is 2.23. The Labute approximate surface area is 127 Å². The first-order valence-corrected chi connectivity index (χ1v) is 7.96. The summed E-state index contributed by atoms with van der Waals surface area (Å²) in [7, 11) is 0. The van der Waals surface area contributed by atoms with Gasteiger partial charge in [0.2, 0.25) is 0 Å². The van der Waals surface area contributed by atoms with E-state index in [1.807, 2.05) is 43.0 Å². The molecule has 0 aromatic heterocycles. The molecule has 1 fully saturated rings. The Kier molecular flexibility index (Phi) is 5.62. The molecule has 1 aliphatic carbocycles. The van der Waals surface area contributed by atoms with Crippen molar-refractivity contribution in [2.75, 3.05) is 13.1 Å². The van der Waals surface area contributed by atoms with Gasteiger partial charge in [0, 0.05) is 19.1 Å². The van der Waals surface area contributed by atoms with Crippen molar-refractivity contribution in [1.29, 1.82) is 0 Å². The average Bonchev–Trinajstić information content (AvgIpc) is 2.51. The van der Waals surface area contributed by atoms with Crippen LogP contribution in [0.25, 0.3) is 0 Å². The topological polar surface area (TPSA) is 55.6 Å². The van der Waals surface area contributed by atoms with Crippen molar-refractivity contribution in [2.45, 2.75) is 51.7 Å². The lowest BCUT2D eigenvalue weighted by atomic mass is 9.93. The first-order valence-electron chi connectivity index (χ1n) is 7.96. The summed E-state index contributed by atoms with van der Waals surface area (Å²) in [5.41, 5.74) is 6.59. The molecule has 0 unspecified atom stereocenters. The minimum Gasteiger partial charge on any atom is -0.490 e. The van der Waals surface area contributed by atoms with Gasteiger partial charge in [-0.15, -0.1) is 0 Å². The zero-order valence-electron chi connectivity index (χ0n) is 13.0. The van der Waals surface area contributed by atoms with E-state index in [0.29, 0.717) is 30.4 Å². The molecule has 1 aromatic carbocycles. The van der Waals surface area contributed by atoms with Crippen molar-refractivity contribution in [3.05, 3.63) is 29.8 Å². The summed E-state index contributed by atoms with van der Waals surface area (Å²) in [6.45, 7) is 5.41. The SMILES string of the molecule is CCN(CC)C(=O)c1ccccc1OC1CCC(N)CC1. The Balaban J connectivity index is 2.11. The van der Waals surface area contributed by atoms with Gasteiger partial charge in [0.25, 0.3) is 5.91 Å². The molecule has 1 aromatic rings. The van der Waals surface area contributed by atoms with E-state index in [9.17, 15) is 4.79 Å². The third-order valence-electron chi connectivity index (χ3n) is 4.18. The molecule has 1 aliphatic rings. The summed E-state index contributed by atoms with van der Waals surface area (Å²) >= 11 is 0. The fraction of sp³-hybridized carbons (Fsp3) is 0.588. The lowest BCUT2D eigenvalue weighted by Gasteiger charge is -2.28. The van der Waals surface area contributed by atoms with Crippen LogP contribution in [0.4, 0.5) is 0 Å². The maximum Gasteiger partial charge on any atom is 0.257 e. The number of carbonyl (C=O) groups is 1. The molecule has 0 saturated heterocycles. The van der Waals surface area contributed by atoms with E-state index < -0.39 is 0 Å². The predicted molar refractivity (Wildman–Crippen MR) is 84.6 cm³/mol. The van der Waals surface area contributed by atoms with Crippen LogP contribution in [0.2, 0.25) is 0 Å². The second-order valence-electron chi connectivity index (χ2n) is 5.63. The zero-order valence-corrected chi connectivity index (χ0v) is 13.0. The minimum absolute atomic E-state index is 0.0445. The number of amides is 1. The highest BCUT2D eigenvalue weighted by atomic mass is 16.5. The normalized spacial score (nSPS) is 21.9. The standard InChI is InChI=1S/C17H26N2O2/c1-3-19(4-2)17(20)15-7-5-6-8-16(15)21-14-11-9-13(18)10-12-14/h5-8,13-14H,3-4,9-12,18H2,1-2H3. The number of ether oxygens (including phenoxy) is 1. The number of rotatable bonds is 5. The van der Waals surface area contributed by atoms with Crippen LogP contribution in [0.15, 0.2) is 24.3 Å². The first-order chi connectivity index (χ1) is 10.2. The number of nitrogens with zero attached hydrogens (tertiary/aromatic N) is 1. The van der Waals surface area contributed by atoms with Gasteiger partial charge >= 0.3 is 0 Å². The van der Waals surface area contributed by atoms with Crippen molar-refractivity contribution >= 4 is 5.91 Å². The molecule has 0 heterocycles. The first kappa shape index (κ1) is 15.8. The van der Waals surface area contributed by atoms with E-state index >= 15 is 0 Å². The quantitative estimate of drug-likeness (QED) is 0.907. The van der Waals surface area contributed by atoms with E-state index in [0.717, 1.165) is 25.7 Å². The smallest absolute Gasteiger partial charge is 0.257 e. The van der Waals surface area contributed by atoms with Gasteiger partial charge in [-0.25, -0.2) is 0 Å². The molecule has 1 saturated carbocycles. The Hall–Kier alpha value is -1.55. The Morgan fingerprint density at radius 3 is 2.43 bits per heavy atom. The molecular weight excluding hydrogens is 264 g/mol. The van der Waals surface area contributed by atoms with Crippen LogP contribution in [0.1, 0.15) is 49.9 Å². The van der Waals surface area contributed by atoms with Gasteiger partial charge in [-0.2, -0.15) is 0 Å². The summed E-state index contributed by atoms with van der Waals surface area (Å²) in [5.74, 6) is 0.748. The molecule has 2 N–H and O–H groups in total. The molecule has 0 aliphatic heterocycles. The molecule has 0 atom stereocenters. The van der Waals surface area contributed by atoms with E-state index in [-0.39, 0.29) is 12.0 Å². The van der Waals surface area contributed by atoms with E-state index in [1.54, 1.807) is 0 Å². The molecule has 0 bridgehead atoms. The number of benzene rings is 1. The van der Waals surface area contributed by atoms with Crippen molar-refractivity contribution in [3.63, 3.8) is 0 Å². The number of carbonyl (C=O) groups excluding carboxylic acids is 1. The molecule has 1 amide bonds. The molecule has 0 spiro atoms. The molecule has 116 valence electrons. The summed E-state index contributed by atoms with van der Waals surface area (Å²) in [4.78, 5) is 14.4. The average molecular weight is 290 g/mol. The Bertz CT molecular complexity index is 464. The van der Waals surface area contributed by atoms with Crippen molar-refractivity contribution in [2.24, 2.45) is 5.73 Å². The highest BCUT2D eigenvalue weighted by molar-refractivity contribution is 5.96. The van der Waals surface area contributed by atoms with Gasteiger partial charge in [-0.05, 0) is 51.7 Å².